The minimum absolute atomic E-state index is 0.0277. The van der Waals surface area contributed by atoms with Crippen LogP contribution in [0.5, 0.6) is 0 Å². The maximum atomic E-state index is 2.57. The van der Waals surface area contributed by atoms with Crippen LogP contribution in [0.25, 0.3) is 59.8 Å². The number of benzene rings is 8. The number of fused-ring (bicyclic) bond motifs is 8. The zero-order valence-corrected chi connectivity index (χ0v) is 28.4. The highest BCUT2D eigenvalue weighted by atomic mass is 15.1. The van der Waals surface area contributed by atoms with Gasteiger partial charge in [0.2, 0.25) is 0 Å². The van der Waals surface area contributed by atoms with Crippen LogP contribution < -0.4 is 4.90 Å². The normalized spacial score (nSPS) is 14.8. The van der Waals surface area contributed by atoms with Crippen LogP contribution >= 0.6 is 0 Å². The van der Waals surface area contributed by atoms with Crippen LogP contribution in [0.15, 0.2) is 169 Å². The molecule has 2 aliphatic rings. The van der Waals surface area contributed by atoms with Gasteiger partial charge in [-0.3, -0.25) is 0 Å². The smallest absolute Gasteiger partial charge is 0.0552 e. The second-order valence-electron chi connectivity index (χ2n) is 14.4. The lowest BCUT2D eigenvalue weighted by Crippen LogP contribution is -2.18. The summed E-state index contributed by atoms with van der Waals surface area (Å²) in [6.45, 7) is 4.84. The van der Waals surface area contributed by atoms with Gasteiger partial charge < -0.3 is 4.90 Å². The van der Waals surface area contributed by atoms with Crippen molar-refractivity contribution in [3.05, 3.63) is 181 Å². The molecule has 10 rings (SSSR count). The van der Waals surface area contributed by atoms with E-state index in [0.717, 1.165) is 18.5 Å². The molecule has 0 heterocycles. The molecule has 0 unspecified atom stereocenters. The number of allylic oxidation sites excluding steroid dienone is 4. The molecule has 8 aromatic rings. The highest BCUT2D eigenvalue weighted by Gasteiger charge is 2.39. The van der Waals surface area contributed by atoms with Gasteiger partial charge in [0.15, 0.2) is 0 Å². The van der Waals surface area contributed by atoms with Crippen molar-refractivity contribution in [2.24, 2.45) is 0 Å². The summed E-state index contributed by atoms with van der Waals surface area (Å²) in [5.74, 6) is 0. The summed E-state index contributed by atoms with van der Waals surface area (Å²) in [6, 6.07) is 56.3. The third kappa shape index (κ3) is 4.26. The Labute approximate surface area is 293 Å². The molecule has 0 aromatic heterocycles. The predicted octanol–water partition coefficient (Wildman–Crippen LogP) is 13.8. The molecule has 8 aromatic carbocycles. The van der Waals surface area contributed by atoms with Gasteiger partial charge in [0.25, 0.3) is 0 Å². The topological polar surface area (TPSA) is 3.24 Å². The van der Waals surface area contributed by atoms with Crippen LogP contribution in [0.3, 0.4) is 0 Å². The first-order valence-electron chi connectivity index (χ1n) is 17.8. The molecule has 0 N–H and O–H groups in total. The Morgan fingerprint density at radius 2 is 1.24 bits per heavy atom. The third-order valence-corrected chi connectivity index (χ3v) is 11.3. The molecular weight excluding hydrogens is 603 g/mol. The standard InChI is InChI=1S/C49H37N/c1-49(2)43-25-10-9-23-42(43)48-44(49)26-13-27-45(48)50(36-19-11-18-34(30-36)38-24-12-17-32-14-3-6-20-37(32)38)46-31-35-16-5-7-21-39(35)41-29-28-33-15-4-8-22-40(33)47(41)46/h3-9,11-24,26-31H,10,25H2,1-2H3. The van der Waals surface area contributed by atoms with Crippen LogP contribution in [0.2, 0.25) is 0 Å². The summed E-state index contributed by atoms with van der Waals surface area (Å²) in [5, 5.41) is 10.1. The second-order valence-corrected chi connectivity index (χ2v) is 14.4. The molecule has 0 aliphatic heterocycles. The fourth-order valence-electron chi connectivity index (χ4n) is 8.97. The first-order valence-corrected chi connectivity index (χ1v) is 17.8. The van der Waals surface area contributed by atoms with E-state index in [1.54, 1.807) is 5.57 Å². The Morgan fingerprint density at radius 3 is 2.10 bits per heavy atom. The minimum Gasteiger partial charge on any atom is -0.309 e. The van der Waals surface area contributed by atoms with Crippen LogP contribution in [-0.2, 0) is 5.41 Å². The largest absolute Gasteiger partial charge is 0.309 e. The second kappa shape index (κ2) is 11.1. The zero-order chi connectivity index (χ0) is 33.4. The van der Waals surface area contributed by atoms with E-state index >= 15 is 0 Å². The maximum absolute atomic E-state index is 2.57. The number of hydrogen-bond acceptors (Lipinski definition) is 1. The summed E-state index contributed by atoms with van der Waals surface area (Å²) in [4.78, 5) is 2.57. The molecule has 0 bridgehead atoms. The van der Waals surface area contributed by atoms with Crippen molar-refractivity contribution in [2.75, 3.05) is 4.90 Å². The quantitative estimate of drug-likeness (QED) is 0.173. The number of hydrogen-bond donors (Lipinski definition) is 0. The van der Waals surface area contributed by atoms with Crippen molar-refractivity contribution in [3.63, 3.8) is 0 Å². The Morgan fingerprint density at radius 1 is 0.540 bits per heavy atom. The monoisotopic (exact) mass is 639 g/mol. The first kappa shape index (κ1) is 29.0. The van der Waals surface area contributed by atoms with Crippen molar-refractivity contribution in [2.45, 2.75) is 32.1 Å². The molecule has 0 fully saturated rings. The van der Waals surface area contributed by atoms with Crippen LogP contribution in [0.1, 0.15) is 37.8 Å². The van der Waals surface area contributed by atoms with Gasteiger partial charge in [-0.25, -0.2) is 0 Å². The van der Waals surface area contributed by atoms with Gasteiger partial charge in [-0.15, -0.1) is 0 Å². The predicted molar refractivity (Wildman–Crippen MR) is 215 cm³/mol. The Kier molecular flexibility index (Phi) is 6.42. The van der Waals surface area contributed by atoms with Crippen molar-refractivity contribution < 1.29 is 0 Å². The molecule has 0 saturated carbocycles. The van der Waals surface area contributed by atoms with Crippen molar-refractivity contribution in [1.82, 2.24) is 0 Å². The molecule has 0 atom stereocenters. The third-order valence-electron chi connectivity index (χ3n) is 11.3. The lowest BCUT2D eigenvalue weighted by atomic mass is 9.78. The van der Waals surface area contributed by atoms with E-state index in [1.165, 1.54) is 82.3 Å². The van der Waals surface area contributed by atoms with Crippen molar-refractivity contribution >= 4 is 65.7 Å². The summed E-state index contributed by atoms with van der Waals surface area (Å²) in [6.07, 6.45) is 6.97. The van der Waals surface area contributed by atoms with Crippen molar-refractivity contribution in [1.29, 1.82) is 0 Å². The first-order chi connectivity index (χ1) is 24.6. The Bertz CT molecular complexity index is 2740. The van der Waals surface area contributed by atoms with E-state index < -0.39 is 0 Å². The Balaban J connectivity index is 1.33. The summed E-state index contributed by atoms with van der Waals surface area (Å²) < 4.78 is 0. The number of rotatable bonds is 4. The average Bonchev–Trinajstić information content (AvgIpc) is 3.41. The summed E-state index contributed by atoms with van der Waals surface area (Å²) >= 11 is 0. The number of nitrogens with zero attached hydrogens (tertiary/aromatic N) is 1. The SMILES string of the molecule is CC1(C)C2=C(C=CCC2)c2c(N(c3cccc(-c4cccc5ccccc45)c3)c3cc4ccccc4c4ccc5ccccc5c34)cccc21. The molecule has 238 valence electrons. The van der Waals surface area contributed by atoms with Crippen LogP contribution in [0.4, 0.5) is 17.1 Å². The highest BCUT2D eigenvalue weighted by molar-refractivity contribution is 6.24. The minimum atomic E-state index is -0.0277. The van der Waals surface area contributed by atoms with Crippen LogP contribution in [-0.4, -0.2) is 0 Å². The summed E-state index contributed by atoms with van der Waals surface area (Å²) in [5.41, 5.74) is 11.7. The molecule has 1 nitrogen and oxygen atoms in total. The van der Waals surface area contributed by atoms with Gasteiger partial charge in [0.1, 0.15) is 0 Å². The maximum Gasteiger partial charge on any atom is 0.0552 e. The highest BCUT2D eigenvalue weighted by Crippen LogP contribution is 2.55. The molecule has 0 amide bonds. The van der Waals surface area contributed by atoms with E-state index in [4.69, 9.17) is 0 Å². The molecule has 1 heteroatoms. The zero-order valence-electron chi connectivity index (χ0n) is 28.4. The average molecular weight is 640 g/mol. The molecule has 2 aliphatic carbocycles. The van der Waals surface area contributed by atoms with Gasteiger partial charge in [-0.2, -0.15) is 0 Å². The fourth-order valence-corrected chi connectivity index (χ4v) is 8.97. The van der Waals surface area contributed by atoms with Gasteiger partial charge in [-0.05, 0) is 97.1 Å². The molecule has 0 radical (unpaired) electrons. The van der Waals surface area contributed by atoms with E-state index in [2.05, 4.69) is 183 Å². The van der Waals surface area contributed by atoms with E-state index in [0.29, 0.717) is 0 Å². The molecular formula is C49H37N. The van der Waals surface area contributed by atoms with Gasteiger partial charge in [-0.1, -0.05) is 159 Å². The van der Waals surface area contributed by atoms with E-state index in [-0.39, 0.29) is 5.41 Å². The fraction of sp³-hybridized carbons (Fsp3) is 0.102. The van der Waals surface area contributed by atoms with Gasteiger partial charge in [0, 0.05) is 22.1 Å². The van der Waals surface area contributed by atoms with Crippen LogP contribution in [0, 0.1) is 0 Å². The summed E-state index contributed by atoms with van der Waals surface area (Å²) in [7, 11) is 0. The van der Waals surface area contributed by atoms with Crippen molar-refractivity contribution in [3.8, 4) is 11.1 Å². The lowest BCUT2D eigenvalue weighted by Gasteiger charge is -2.31. The molecule has 0 saturated heterocycles. The number of anilines is 3. The Hall–Kier alpha value is -5.92. The van der Waals surface area contributed by atoms with Gasteiger partial charge in [0.05, 0.1) is 11.4 Å². The van der Waals surface area contributed by atoms with Gasteiger partial charge >= 0.3 is 0 Å². The van der Waals surface area contributed by atoms with E-state index in [1.807, 2.05) is 0 Å². The lowest BCUT2D eigenvalue weighted by molar-refractivity contribution is 0.607. The molecule has 0 spiro atoms. The molecule has 50 heavy (non-hydrogen) atoms. The van der Waals surface area contributed by atoms with E-state index in [9.17, 15) is 0 Å².